The van der Waals surface area contributed by atoms with E-state index in [0.717, 1.165) is 27.8 Å². The van der Waals surface area contributed by atoms with Gasteiger partial charge in [0.2, 0.25) is 0 Å². The second-order valence-electron chi connectivity index (χ2n) is 6.03. The molecule has 3 rings (SSSR count). The first-order chi connectivity index (χ1) is 12.1. The Bertz CT molecular complexity index is 852. The van der Waals surface area contributed by atoms with Crippen LogP contribution in [0.25, 0.3) is 10.9 Å². The zero-order chi connectivity index (χ0) is 17.8. The predicted octanol–water partition coefficient (Wildman–Crippen LogP) is 3.55. The number of hydrogen-bond donors (Lipinski definition) is 1. The highest BCUT2D eigenvalue weighted by Gasteiger charge is 2.18. The molecule has 0 bridgehead atoms. The average Bonchev–Trinajstić information content (AvgIpc) is 2.62. The van der Waals surface area contributed by atoms with Gasteiger partial charge in [-0.15, -0.1) is 0 Å². The Balaban J connectivity index is 1.88. The number of hydrogen-bond acceptors (Lipinski definition) is 4. The van der Waals surface area contributed by atoms with Crippen LogP contribution >= 0.6 is 0 Å². The van der Waals surface area contributed by atoms with Crippen LogP contribution in [-0.4, -0.2) is 35.8 Å². The molecule has 0 saturated carbocycles. The van der Waals surface area contributed by atoms with E-state index >= 15 is 0 Å². The molecule has 5 heteroatoms. The highest BCUT2D eigenvalue weighted by molar-refractivity contribution is 5.81. The Hall–Kier alpha value is -2.50. The lowest BCUT2D eigenvalue weighted by Crippen LogP contribution is -2.27. The lowest BCUT2D eigenvalue weighted by Gasteiger charge is -2.27. The molecule has 3 aromatic rings. The maximum atomic E-state index is 13.9. The van der Waals surface area contributed by atoms with Crippen molar-refractivity contribution >= 4 is 10.9 Å². The van der Waals surface area contributed by atoms with Crippen molar-refractivity contribution in [3.8, 4) is 5.75 Å². The van der Waals surface area contributed by atoms with E-state index < -0.39 is 0 Å². The summed E-state index contributed by atoms with van der Waals surface area (Å²) in [5, 5.41) is 10.6. The molecule has 0 aliphatic carbocycles. The third kappa shape index (κ3) is 3.78. The first-order valence-corrected chi connectivity index (χ1v) is 8.10. The summed E-state index contributed by atoms with van der Waals surface area (Å²) in [6.07, 6.45) is 1.71. The number of aromatic nitrogens is 1. The number of halogens is 1. The van der Waals surface area contributed by atoms with Crippen LogP contribution in [0.2, 0.25) is 0 Å². The van der Waals surface area contributed by atoms with Gasteiger partial charge in [-0.25, -0.2) is 4.39 Å². The number of methoxy groups -OCH3 is 1. The SMILES string of the molecule is COc1ccc(C(CO)N(C)Cc2cc(F)cc3cccnc23)cc1. The van der Waals surface area contributed by atoms with E-state index in [-0.39, 0.29) is 18.5 Å². The first kappa shape index (κ1) is 17.3. The van der Waals surface area contributed by atoms with Gasteiger partial charge in [0, 0.05) is 18.1 Å². The van der Waals surface area contributed by atoms with Crippen LogP contribution in [0.15, 0.2) is 54.7 Å². The van der Waals surface area contributed by atoms with Crippen molar-refractivity contribution in [3.63, 3.8) is 0 Å². The van der Waals surface area contributed by atoms with Gasteiger partial charge in [0.05, 0.1) is 25.3 Å². The molecular weight excluding hydrogens is 319 g/mol. The summed E-state index contributed by atoms with van der Waals surface area (Å²) in [6.45, 7) is 0.437. The molecule has 1 heterocycles. The molecular formula is C20H21FN2O2. The maximum Gasteiger partial charge on any atom is 0.124 e. The monoisotopic (exact) mass is 340 g/mol. The molecule has 25 heavy (non-hydrogen) atoms. The quantitative estimate of drug-likeness (QED) is 0.745. The van der Waals surface area contributed by atoms with Crippen molar-refractivity contribution in [3.05, 3.63) is 71.7 Å². The van der Waals surface area contributed by atoms with Crippen LogP contribution in [0.5, 0.6) is 5.75 Å². The van der Waals surface area contributed by atoms with Crippen LogP contribution in [-0.2, 0) is 6.54 Å². The topological polar surface area (TPSA) is 45.6 Å². The number of aliphatic hydroxyl groups excluding tert-OH is 1. The van der Waals surface area contributed by atoms with E-state index in [9.17, 15) is 9.50 Å². The van der Waals surface area contributed by atoms with Crippen LogP contribution < -0.4 is 4.74 Å². The van der Waals surface area contributed by atoms with E-state index in [1.807, 2.05) is 42.3 Å². The van der Waals surface area contributed by atoms with Crippen molar-refractivity contribution in [2.75, 3.05) is 20.8 Å². The lowest BCUT2D eigenvalue weighted by atomic mass is 10.0. The number of likely N-dealkylation sites (N-methyl/N-ethyl adjacent to an activating group) is 1. The zero-order valence-electron chi connectivity index (χ0n) is 14.3. The van der Waals surface area contributed by atoms with Crippen molar-refractivity contribution < 1.29 is 14.2 Å². The Morgan fingerprint density at radius 1 is 1.20 bits per heavy atom. The van der Waals surface area contributed by atoms with Gasteiger partial charge in [-0.05, 0) is 48.5 Å². The third-order valence-corrected chi connectivity index (χ3v) is 4.37. The number of fused-ring (bicyclic) bond motifs is 1. The molecule has 0 fully saturated rings. The van der Waals surface area contributed by atoms with Crippen LogP contribution in [0, 0.1) is 5.82 Å². The molecule has 130 valence electrons. The maximum absolute atomic E-state index is 13.9. The molecule has 1 aromatic heterocycles. The third-order valence-electron chi connectivity index (χ3n) is 4.37. The summed E-state index contributed by atoms with van der Waals surface area (Å²) < 4.78 is 19.1. The molecule has 0 spiro atoms. The zero-order valence-corrected chi connectivity index (χ0v) is 14.3. The Kier molecular flexibility index (Phi) is 5.26. The van der Waals surface area contributed by atoms with Gasteiger partial charge in [-0.1, -0.05) is 18.2 Å². The Morgan fingerprint density at radius 3 is 2.64 bits per heavy atom. The van der Waals surface area contributed by atoms with E-state index in [1.54, 1.807) is 19.4 Å². The number of aliphatic hydroxyl groups is 1. The van der Waals surface area contributed by atoms with Crippen molar-refractivity contribution in [1.82, 2.24) is 9.88 Å². The van der Waals surface area contributed by atoms with Crippen LogP contribution in [0.4, 0.5) is 4.39 Å². The van der Waals surface area contributed by atoms with Gasteiger partial charge in [-0.3, -0.25) is 9.88 Å². The van der Waals surface area contributed by atoms with Crippen molar-refractivity contribution in [2.24, 2.45) is 0 Å². The van der Waals surface area contributed by atoms with Gasteiger partial charge < -0.3 is 9.84 Å². The lowest BCUT2D eigenvalue weighted by molar-refractivity contribution is 0.142. The molecule has 0 aliphatic rings. The fourth-order valence-electron chi connectivity index (χ4n) is 3.05. The minimum Gasteiger partial charge on any atom is -0.497 e. The normalized spacial score (nSPS) is 12.5. The van der Waals surface area contributed by atoms with Crippen LogP contribution in [0.3, 0.4) is 0 Å². The summed E-state index contributed by atoms with van der Waals surface area (Å²) >= 11 is 0. The summed E-state index contributed by atoms with van der Waals surface area (Å²) in [5.41, 5.74) is 2.55. The summed E-state index contributed by atoms with van der Waals surface area (Å²) in [5.74, 6) is 0.484. The van der Waals surface area contributed by atoms with E-state index in [1.165, 1.54) is 12.1 Å². The molecule has 4 nitrogen and oxygen atoms in total. The summed E-state index contributed by atoms with van der Waals surface area (Å²) in [4.78, 5) is 6.37. The highest BCUT2D eigenvalue weighted by Crippen LogP contribution is 2.26. The number of nitrogens with zero attached hydrogens (tertiary/aromatic N) is 2. The molecule has 2 aromatic carbocycles. The molecule has 0 amide bonds. The minimum absolute atomic E-state index is 0.0382. The Morgan fingerprint density at radius 2 is 1.96 bits per heavy atom. The number of pyridine rings is 1. The number of benzene rings is 2. The fraction of sp³-hybridized carbons (Fsp3) is 0.250. The molecule has 1 unspecified atom stereocenters. The summed E-state index contributed by atoms with van der Waals surface area (Å²) in [6, 6.07) is 14.0. The number of rotatable bonds is 6. The largest absolute Gasteiger partial charge is 0.497 e. The van der Waals surface area contributed by atoms with E-state index in [2.05, 4.69) is 4.98 Å². The van der Waals surface area contributed by atoms with E-state index in [0.29, 0.717) is 6.54 Å². The van der Waals surface area contributed by atoms with Crippen LogP contribution in [0.1, 0.15) is 17.2 Å². The second kappa shape index (κ2) is 7.59. The molecule has 0 radical (unpaired) electrons. The fourth-order valence-corrected chi connectivity index (χ4v) is 3.05. The highest BCUT2D eigenvalue weighted by atomic mass is 19.1. The number of ether oxygens (including phenoxy) is 1. The smallest absolute Gasteiger partial charge is 0.124 e. The van der Waals surface area contributed by atoms with Gasteiger partial charge in [0.1, 0.15) is 11.6 Å². The predicted molar refractivity (Wildman–Crippen MR) is 96.0 cm³/mol. The van der Waals surface area contributed by atoms with Gasteiger partial charge in [0.25, 0.3) is 0 Å². The van der Waals surface area contributed by atoms with Crippen molar-refractivity contribution in [1.29, 1.82) is 0 Å². The van der Waals surface area contributed by atoms with Crippen molar-refractivity contribution in [2.45, 2.75) is 12.6 Å². The minimum atomic E-state index is -0.283. The molecule has 0 saturated heterocycles. The standard InChI is InChI=1S/C20H21FN2O2/c1-23(19(13-24)14-5-7-18(25-2)8-6-14)12-16-11-17(21)10-15-4-3-9-22-20(15)16/h3-11,19,24H,12-13H2,1-2H3. The summed E-state index contributed by atoms with van der Waals surface area (Å²) in [7, 11) is 3.53. The first-order valence-electron chi connectivity index (χ1n) is 8.10. The second-order valence-corrected chi connectivity index (χ2v) is 6.03. The average molecular weight is 340 g/mol. The molecule has 1 atom stereocenters. The van der Waals surface area contributed by atoms with Gasteiger partial charge in [-0.2, -0.15) is 0 Å². The van der Waals surface area contributed by atoms with Gasteiger partial charge in [0.15, 0.2) is 0 Å². The molecule has 0 aliphatic heterocycles. The Labute approximate surface area is 146 Å². The van der Waals surface area contributed by atoms with E-state index in [4.69, 9.17) is 4.74 Å². The molecule has 1 N–H and O–H groups in total. The van der Waals surface area contributed by atoms with Gasteiger partial charge >= 0.3 is 0 Å².